The van der Waals surface area contributed by atoms with E-state index in [0.29, 0.717) is 7.92 Å². The monoisotopic (exact) mass is 286 g/mol. The molecule has 0 nitrogen and oxygen atoms in total. The average molecular weight is 286 g/mol. The van der Waals surface area contributed by atoms with Crippen LogP contribution in [0.2, 0.25) is 0 Å². The molecule has 0 aromatic heterocycles. The van der Waals surface area contributed by atoms with Crippen molar-refractivity contribution in [2.75, 3.05) is 12.3 Å². The maximum absolute atomic E-state index is 2.42. The van der Waals surface area contributed by atoms with E-state index in [2.05, 4.69) is 27.7 Å². The molecule has 0 spiro atoms. The molecule has 0 heterocycles. The van der Waals surface area contributed by atoms with Gasteiger partial charge in [0.2, 0.25) is 0 Å². The second-order valence-electron chi connectivity index (χ2n) is 6.01. The zero-order valence-corrected chi connectivity index (χ0v) is 15.1. The summed E-state index contributed by atoms with van der Waals surface area (Å²) in [5.74, 6) is 0. The van der Waals surface area contributed by atoms with Crippen LogP contribution in [0.1, 0.15) is 98.3 Å². The highest BCUT2D eigenvalue weighted by molar-refractivity contribution is 7.58. The number of rotatable bonds is 14. The second kappa shape index (κ2) is 14.8. The lowest BCUT2D eigenvalue weighted by Gasteiger charge is -2.27. The molecule has 0 aliphatic rings. The van der Waals surface area contributed by atoms with Crippen molar-refractivity contribution < 1.29 is 0 Å². The number of hydrogen-bond donors (Lipinski definition) is 0. The molecule has 0 amide bonds. The third-order valence-corrected chi connectivity index (χ3v) is 7.64. The minimum absolute atomic E-state index is 0.337. The van der Waals surface area contributed by atoms with Crippen molar-refractivity contribution in [3.63, 3.8) is 0 Å². The molecule has 1 heteroatoms. The van der Waals surface area contributed by atoms with Crippen LogP contribution >= 0.6 is 7.92 Å². The Morgan fingerprint density at radius 2 is 1.16 bits per heavy atom. The van der Waals surface area contributed by atoms with E-state index in [0.717, 1.165) is 5.66 Å². The summed E-state index contributed by atoms with van der Waals surface area (Å²) in [6.45, 7) is 9.43. The van der Waals surface area contributed by atoms with Gasteiger partial charge < -0.3 is 0 Å². The minimum Gasteiger partial charge on any atom is -0.104 e. The number of unbranched alkanes of at least 4 members (excludes halogenated alkanes) is 6. The molecular formula is C18H39P. The molecule has 0 saturated carbocycles. The fraction of sp³-hybridized carbons (Fsp3) is 1.00. The molecule has 0 aliphatic heterocycles. The predicted octanol–water partition coefficient (Wildman–Crippen LogP) is 7.21. The van der Waals surface area contributed by atoms with Gasteiger partial charge in [-0.25, -0.2) is 0 Å². The van der Waals surface area contributed by atoms with E-state index < -0.39 is 0 Å². The van der Waals surface area contributed by atoms with E-state index in [1.54, 1.807) is 12.3 Å². The Labute approximate surface area is 124 Å². The SMILES string of the molecule is CCCCCCP(CCCCCC)C(CC)CCC. The zero-order chi connectivity index (χ0) is 14.3. The van der Waals surface area contributed by atoms with Gasteiger partial charge in [-0.1, -0.05) is 72.6 Å². The van der Waals surface area contributed by atoms with Gasteiger partial charge in [0.05, 0.1) is 0 Å². The molecule has 1 atom stereocenters. The fourth-order valence-electron chi connectivity index (χ4n) is 2.94. The van der Waals surface area contributed by atoms with Crippen molar-refractivity contribution >= 4 is 7.92 Å². The van der Waals surface area contributed by atoms with Gasteiger partial charge in [0.1, 0.15) is 0 Å². The van der Waals surface area contributed by atoms with Crippen LogP contribution in [0, 0.1) is 0 Å². The zero-order valence-electron chi connectivity index (χ0n) is 14.2. The van der Waals surface area contributed by atoms with Gasteiger partial charge in [-0.05, 0) is 43.7 Å². The van der Waals surface area contributed by atoms with Gasteiger partial charge in [0.15, 0.2) is 0 Å². The standard InChI is InChI=1S/C18H39P/c1-5-9-11-13-16-19(17-14-12-10-6-2)18(8-4)15-7-3/h18H,5-17H2,1-4H3. The summed E-state index contributed by atoms with van der Waals surface area (Å²) in [6, 6.07) is 0. The third kappa shape index (κ3) is 10.8. The first-order valence-corrected chi connectivity index (χ1v) is 10.8. The van der Waals surface area contributed by atoms with Crippen molar-refractivity contribution in [2.45, 2.75) is 104 Å². The normalized spacial score (nSPS) is 13.1. The summed E-state index contributed by atoms with van der Waals surface area (Å²) < 4.78 is 0. The van der Waals surface area contributed by atoms with Crippen molar-refractivity contribution in [2.24, 2.45) is 0 Å². The van der Waals surface area contributed by atoms with Crippen LogP contribution in [0.4, 0.5) is 0 Å². The lowest BCUT2D eigenvalue weighted by molar-refractivity contribution is 0.674. The summed E-state index contributed by atoms with van der Waals surface area (Å²) >= 11 is 0. The minimum atomic E-state index is 0.337. The molecule has 0 aromatic carbocycles. The summed E-state index contributed by atoms with van der Waals surface area (Å²) in [4.78, 5) is 0. The molecule has 0 rings (SSSR count). The van der Waals surface area contributed by atoms with E-state index in [1.807, 2.05) is 0 Å². The van der Waals surface area contributed by atoms with Gasteiger partial charge in [-0.2, -0.15) is 0 Å². The Hall–Kier alpha value is 0.430. The van der Waals surface area contributed by atoms with Crippen LogP contribution in [0.5, 0.6) is 0 Å². The van der Waals surface area contributed by atoms with E-state index in [1.165, 1.54) is 70.6 Å². The Bertz CT molecular complexity index is 155. The van der Waals surface area contributed by atoms with Gasteiger partial charge in [-0.15, -0.1) is 7.92 Å². The topological polar surface area (TPSA) is 0 Å². The van der Waals surface area contributed by atoms with Gasteiger partial charge in [0.25, 0.3) is 0 Å². The van der Waals surface area contributed by atoms with E-state index in [9.17, 15) is 0 Å². The molecule has 1 unspecified atom stereocenters. The van der Waals surface area contributed by atoms with Crippen LogP contribution in [-0.2, 0) is 0 Å². The maximum Gasteiger partial charge on any atom is -0.0212 e. The molecule has 0 saturated heterocycles. The van der Waals surface area contributed by atoms with Crippen LogP contribution < -0.4 is 0 Å². The average Bonchev–Trinajstić information content (AvgIpc) is 2.43. The second-order valence-corrected chi connectivity index (χ2v) is 8.81. The highest BCUT2D eigenvalue weighted by atomic mass is 31.1. The molecule has 0 aromatic rings. The van der Waals surface area contributed by atoms with Crippen molar-refractivity contribution in [1.82, 2.24) is 0 Å². The molecule has 0 radical (unpaired) electrons. The van der Waals surface area contributed by atoms with Crippen LogP contribution in [-0.4, -0.2) is 18.0 Å². The summed E-state index contributed by atoms with van der Waals surface area (Å²) in [7, 11) is 0.337. The first kappa shape index (κ1) is 19.4. The highest BCUT2D eigenvalue weighted by Gasteiger charge is 2.17. The highest BCUT2D eigenvalue weighted by Crippen LogP contribution is 2.46. The van der Waals surface area contributed by atoms with Crippen molar-refractivity contribution in [3.05, 3.63) is 0 Å². The molecular weight excluding hydrogens is 247 g/mol. The Morgan fingerprint density at radius 1 is 0.632 bits per heavy atom. The van der Waals surface area contributed by atoms with Gasteiger partial charge in [-0.3, -0.25) is 0 Å². The lowest BCUT2D eigenvalue weighted by Crippen LogP contribution is -2.09. The van der Waals surface area contributed by atoms with E-state index >= 15 is 0 Å². The molecule has 0 bridgehead atoms. The van der Waals surface area contributed by atoms with Crippen molar-refractivity contribution in [3.8, 4) is 0 Å². The summed E-state index contributed by atoms with van der Waals surface area (Å²) in [5, 5.41) is 0. The quantitative estimate of drug-likeness (QED) is 0.234. The molecule has 0 fully saturated rings. The molecule has 0 aliphatic carbocycles. The Morgan fingerprint density at radius 3 is 1.53 bits per heavy atom. The van der Waals surface area contributed by atoms with Gasteiger partial charge >= 0.3 is 0 Å². The first-order chi connectivity index (χ1) is 9.29. The van der Waals surface area contributed by atoms with Crippen LogP contribution in [0.3, 0.4) is 0 Å². The third-order valence-electron chi connectivity index (χ3n) is 4.21. The first-order valence-electron chi connectivity index (χ1n) is 9.04. The smallest absolute Gasteiger partial charge is 0.0212 e. The summed E-state index contributed by atoms with van der Waals surface area (Å²) in [5.41, 5.74) is 1.07. The van der Waals surface area contributed by atoms with Crippen LogP contribution in [0.25, 0.3) is 0 Å². The van der Waals surface area contributed by atoms with Crippen LogP contribution in [0.15, 0.2) is 0 Å². The van der Waals surface area contributed by atoms with Gasteiger partial charge in [0, 0.05) is 0 Å². The Balaban J connectivity index is 4.03. The molecule has 0 N–H and O–H groups in total. The lowest BCUT2D eigenvalue weighted by atomic mass is 10.2. The summed E-state index contributed by atoms with van der Waals surface area (Å²) in [6.07, 6.45) is 19.1. The van der Waals surface area contributed by atoms with Crippen molar-refractivity contribution in [1.29, 1.82) is 0 Å². The molecule has 19 heavy (non-hydrogen) atoms. The van der Waals surface area contributed by atoms with E-state index in [-0.39, 0.29) is 0 Å². The predicted molar refractivity (Wildman–Crippen MR) is 93.9 cm³/mol. The molecule has 116 valence electrons. The van der Waals surface area contributed by atoms with E-state index in [4.69, 9.17) is 0 Å². The fourth-order valence-corrected chi connectivity index (χ4v) is 6.29. The largest absolute Gasteiger partial charge is 0.104 e. The number of hydrogen-bond acceptors (Lipinski definition) is 0. The maximum atomic E-state index is 2.42. The Kier molecular flexibility index (Phi) is 15.2.